The number of nitrogen functional groups attached to an aromatic ring is 1. The Morgan fingerprint density at radius 1 is 1.44 bits per heavy atom. The van der Waals surface area contributed by atoms with Gasteiger partial charge in [0.1, 0.15) is 10.1 Å². The monoisotopic (exact) mass is 252 g/mol. The van der Waals surface area contributed by atoms with Gasteiger partial charge in [-0.25, -0.2) is 4.98 Å². The SMILES string of the molecule is Nc1cccc(OCCSc2nccs2)c1. The number of aromatic nitrogens is 1. The van der Waals surface area contributed by atoms with Crippen LogP contribution in [0.4, 0.5) is 5.69 Å². The fourth-order valence-corrected chi connectivity index (χ4v) is 2.70. The molecule has 0 fully saturated rings. The van der Waals surface area contributed by atoms with E-state index in [-0.39, 0.29) is 0 Å². The van der Waals surface area contributed by atoms with Gasteiger partial charge in [-0.05, 0) is 12.1 Å². The smallest absolute Gasteiger partial charge is 0.149 e. The lowest BCUT2D eigenvalue weighted by atomic mass is 10.3. The molecule has 0 amide bonds. The number of nitrogens with zero attached hydrogens (tertiary/aromatic N) is 1. The Hall–Kier alpha value is -1.20. The molecule has 5 heteroatoms. The van der Waals surface area contributed by atoms with Gasteiger partial charge in [0.2, 0.25) is 0 Å². The van der Waals surface area contributed by atoms with Crippen molar-refractivity contribution in [3.8, 4) is 5.75 Å². The molecule has 0 saturated carbocycles. The van der Waals surface area contributed by atoms with Crippen molar-refractivity contribution in [2.24, 2.45) is 0 Å². The first-order valence-corrected chi connectivity index (χ1v) is 6.72. The second kappa shape index (κ2) is 5.77. The first-order chi connectivity index (χ1) is 7.84. The highest BCUT2D eigenvalue weighted by atomic mass is 32.2. The quantitative estimate of drug-likeness (QED) is 0.505. The largest absolute Gasteiger partial charge is 0.493 e. The van der Waals surface area contributed by atoms with Crippen LogP contribution in [0.15, 0.2) is 40.2 Å². The van der Waals surface area contributed by atoms with Crippen LogP contribution in [-0.4, -0.2) is 17.3 Å². The number of thioether (sulfide) groups is 1. The topological polar surface area (TPSA) is 48.1 Å². The molecule has 2 N–H and O–H groups in total. The Morgan fingerprint density at radius 2 is 2.38 bits per heavy atom. The molecular formula is C11H12N2OS2. The van der Waals surface area contributed by atoms with Crippen LogP contribution in [0.3, 0.4) is 0 Å². The van der Waals surface area contributed by atoms with Crippen molar-refractivity contribution in [1.29, 1.82) is 0 Å². The summed E-state index contributed by atoms with van der Waals surface area (Å²) in [4.78, 5) is 4.18. The number of nitrogens with two attached hydrogens (primary N) is 1. The minimum absolute atomic E-state index is 0.660. The Labute approximate surface area is 103 Å². The van der Waals surface area contributed by atoms with E-state index in [0.29, 0.717) is 6.61 Å². The van der Waals surface area contributed by atoms with Crippen LogP contribution >= 0.6 is 23.1 Å². The van der Waals surface area contributed by atoms with Crippen LogP contribution in [0.25, 0.3) is 0 Å². The van der Waals surface area contributed by atoms with Crippen molar-refractivity contribution >= 4 is 28.8 Å². The van der Waals surface area contributed by atoms with Crippen LogP contribution < -0.4 is 10.5 Å². The Morgan fingerprint density at radius 3 is 3.12 bits per heavy atom. The highest BCUT2D eigenvalue weighted by molar-refractivity contribution is 8.01. The van der Waals surface area contributed by atoms with Gasteiger partial charge in [-0.1, -0.05) is 17.8 Å². The summed E-state index contributed by atoms with van der Waals surface area (Å²) in [7, 11) is 0. The molecule has 1 heterocycles. The van der Waals surface area contributed by atoms with E-state index < -0.39 is 0 Å². The van der Waals surface area contributed by atoms with E-state index in [9.17, 15) is 0 Å². The second-order valence-corrected chi connectivity index (χ2v) is 5.30. The zero-order valence-electron chi connectivity index (χ0n) is 8.63. The molecule has 3 nitrogen and oxygen atoms in total. The standard InChI is InChI=1S/C11H12N2OS2/c12-9-2-1-3-10(8-9)14-5-7-16-11-13-4-6-15-11/h1-4,6,8H,5,7,12H2. The molecule has 0 radical (unpaired) electrons. The van der Waals surface area contributed by atoms with Crippen molar-refractivity contribution in [3.05, 3.63) is 35.8 Å². The molecule has 0 bridgehead atoms. The third kappa shape index (κ3) is 3.43. The molecule has 1 aromatic heterocycles. The first-order valence-electron chi connectivity index (χ1n) is 4.85. The number of thiazole rings is 1. The lowest BCUT2D eigenvalue weighted by molar-refractivity contribution is 0.344. The summed E-state index contributed by atoms with van der Waals surface area (Å²) in [5.41, 5.74) is 6.37. The maximum Gasteiger partial charge on any atom is 0.149 e. The van der Waals surface area contributed by atoms with Gasteiger partial charge in [-0.3, -0.25) is 0 Å². The van der Waals surface area contributed by atoms with Gasteiger partial charge in [0.25, 0.3) is 0 Å². The average Bonchev–Trinajstić information content (AvgIpc) is 2.77. The summed E-state index contributed by atoms with van der Waals surface area (Å²) in [5, 5.41) is 1.97. The van der Waals surface area contributed by atoms with E-state index >= 15 is 0 Å². The third-order valence-corrected chi connectivity index (χ3v) is 3.78. The molecule has 16 heavy (non-hydrogen) atoms. The van der Waals surface area contributed by atoms with E-state index in [1.54, 1.807) is 23.1 Å². The minimum atomic E-state index is 0.660. The number of hydrogen-bond donors (Lipinski definition) is 1. The van der Waals surface area contributed by atoms with Crippen LogP contribution in [0.5, 0.6) is 5.75 Å². The predicted molar refractivity (Wildman–Crippen MR) is 69.2 cm³/mol. The van der Waals surface area contributed by atoms with Gasteiger partial charge in [0.05, 0.1) is 6.61 Å². The van der Waals surface area contributed by atoms with Gasteiger partial charge in [-0.15, -0.1) is 11.3 Å². The Kier molecular flexibility index (Phi) is 4.07. The van der Waals surface area contributed by atoms with Crippen LogP contribution in [-0.2, 0) is 0 Å². The molecule has 0 spiro atoms. The van der Waals surface area contributed by atoms with E-state index in [4.69, 9.17) is 10.5 Å². The summed E-state index contributed by atoms with van der Waals surface area (Å²) in [6, 6.07) is 7.47. The van der Waals surface area contributed by atoms with Crippen molar-refractivity contribution in [1.82, 2.24) is 4.98 Å². The molecule has 1 aromatic carbocycles. The molecule has 2 rings (SSSR count). The molecule has 0 aliphatic rings. The number of hydrogen-bond acceptors (Lipinski definition) is 5. The van der Waals surface area contributed by atoms with E-state index in [1.807, 2.05) is 35.8 Å². The van der Waals surface area contributed by atoms with Crippen LogP contribution in [0, 0.1) is 0 Å². The highest BCUT2D eigenvalue weighted by Gasteiger charge is 1.97. The Balaban J connectivity index is 1.72. The molecule has 0 aliphatic heterocycles. The Bertz CT molecular complexity index is 431. The van der Waals surface area contributed by atoms with Gasteiger partial charge in [0.15, 0.2) is 0 Å². The molecule has 0 unspecified atom stereocenters. The fraction of sp³-hybridized carbons (Fsp3) is 0.182. The number of benzene rings is 1. The maximum absolute atomic E-state index is 5.65. The summed E-state index contributed by atoms with van der Waals surface area (Å²) in [5.74, 6) is 1.71. The molecule has 84 valence electrons. The van der Waals surface area contributed by atoms with Crippen molar-refractivity contribution in [2.45, 2.75) is 4.34 Å². The van der Waals surface area contributed by atoms with Crippen molar-refractivity contribution in [2.75, 3.05) is 18.1 Å². The molecule has 0 aliphatic carbocycles. The van der Waals surface area contributed by atoms with Crippen LogP contribution in [0.1, 0.15) is 0 Å². The van der Waals surface area contributed by atoms with E-state index in [1.165, 1.54) is 0 Å². The zero-order valence-corrected chi connectivity index (χ0v) is 10.3. The summed E-state index contributed by atoms with van der Waals surface area (Å²) >= 11 is 3.35. The summed E-state index contributed by atoms with van der Waals surface area (Å²) in [6.07, 6.45) is 1.81. The highest BCUT2D eigenvalue weighted by Crippen LogP contribution is 2.20. The maximum atomic E-state index is 5.65. The fourth-order valence-electron chi connectivity index (χ4n) is 1.17. The lowest BCUT2D eigenvalue weighted by Crippen LogP contribution is -2.00. The summed E-state index contributed by atoms with van der Waals surface area (Å²) in [6.45, 7) is 0.660. The first kappa shape index (κ1) is 11.3. The van der Waals surface area contributed by atoms with Gasteiger partial charge in [-0.2, -0.15) is 0 Å². The lowest BCUT2D eigenvalue weighted by Gasteiger charge is -2.05. The van der Waals surface area contributed by atoms with Crippen molar-refractivity contribution < 1.29 is 4.74 Å². The van der Waals surface area contributed by atoms with Gasteiger partial charge < -0.3 is 10.5 Å². The van der Waals surface area contributed by atoms with E-state index in [0.717, 1.165) is 21.5 Å². The molecule has 0 atom stereocenters. The predicted octanol–water partition coefficient (Wildman–Crippen LogP) is 2.90. The number of rotatable bonds is 5. The van der Waals surface area contributed by atoms with Crippen LogP contribution in [0.2, 0.25) is 0 Å². The third-order valence-electron chi connectivity index (χ3n) is 1.85. The van der Waals surface area contributed by atoms with Gasteiger partial charge >= 0.3 is 0 Å². The minimum Gasteiger partial charge on any atom is -0.493 e. The molecular weight excluding hydrogens is 240 g/mol. The number of anilines is 1. The zero-order chi connectivity index (χ0) is 11.2. The average molecular weight is 252 g/mol. The normalized spacial score (nSPS) is 10.2. The van der Waals surface area contributed by atoms with Gasteiger partial charge in [0, 0.05) is 29.1 Å². The molecule has 0 saturated heterocycles. The molecule has 2 aromatic rings. The van der Waals surface area contributed by atoms with E-state index in [2.05, 4.69) is 4.98 Å². The van der Waals surface area contributed by atoms with Crippen molar-refractivity contribution in [3.63, 3.8) is 0 Å². The second-order valence-electron chi connectivity index (χ2n) is 3.07. The number of ether oxygens (including phenoxy) is 1. The summed E-state index contributed by atoms with van der Waals surface area (Å²) < 4.78 is 6.64.